The fourth-order valence-corrected chi connectivity index (χ4v) is 5.16. The molecule has 2 N–H and O–H groups in total. The van der Waals surface area contributed by atoms with Gasteiger partial charge in [-0.25, -0.2) is 4.39 Å². The van der Waals surface area contributed by atoms with Crippen molar-refractivity contribution in [1.29, 1.82) is 0 Å². The maximum Gasteiger partial charge on any atom is 0.231 e. The lowest BCUT2D eigenvalue weighted by Crippen LogP contribution is -2.18. The predicted octanol–water partition coefficient (Wildman–Crippen LogP) is 7.92. The van der Waals surface area contributed by atoms with E-state index < -0.39 is 27.9 Å². The van der Waals surface area contributed by atoms with Crippen LogP contribution >= 0.6 is 58.0 Å². The first kappa shape index (κ1) is 23.5. The lowest BCUT2D eigenvalue weighted by Gasteiger charge is -2.14. The Morgan fingerprint density at radius 2 is 1.69 bits per heavy atom. The van der Waals surface area contributed by atoms with Crippen molar-refractivity contribution < 1.29 is 9.18 Å². The van der Waals surface area contributed by atoms with E-state index in [9.17, 15) is 9.18 Å². The SMILES string of the molecule is O=C(Nc1ccc(Cl)c(CNc2ccccc2)c1Cl)[C@H]1[C@H](c2ccc(F)c(Cl)c2)C1(Cl)Cl. The van der Waals surface area contributed by atoms with Gasteiger partial charge < -0.3 is 10.6 Å². The normalized spacial score (nSPS) is 18.8. The molecule has 0 aromatic heterocycles. The summed E-state index contributed by atoms with van der Waals surface area (Å²) in [5.41, 5.74) is 2.51. The highest BCUT2D eigenvalue weighted by molar-refractivity contribution is 6.53. The minimum Gasteiger partial charge on any atom is -0.381 e. The van der Waals surface area contributed by atoms with Crippen molar-refractivity contribution in [1.82, 2.24) is 0 Å². The number of carbonyl (C=O) groups excluding carboxylic acids is 1. The molecule has 1 saturated carbocycles. The zero-order valence-corrected chi connectivity index (χ0v) is 20.1. The average molecular weight is 533 g/mol. The second-order valence-electron chi connectivity index (χ2n) is 7.40. The van der Waals surface area contributed by atoms with Crippen LogP contribution in [0, 0.1) is 11.7 Å². The second-order valence-corrected chi connectivity index (χ2v) is 10.0. The highest BCUT2D eigenvalue weighted by atomic mass is 35.5. The van der Waals surface area contributed by atoms with Crippen molar-refractivity contribution in [2.45, 2.75) is 16.8 Å². The summed E-state index contributed by atoms with van der Waals surface area (Å²) in [5, 5.41) is 6.74. The van der Waals surface area contributed by atoms with Crippen LogP contribution in [-0.4, -0.2) is 10.2 Å². The molecule has 0 bridgehead atoms. The van der Waals surface area contributed by atoms with Crippen LogP contribution in [0.3, 0.4) is 0 Å². The van der Waals surface area contributed by atoms with Crippen molar-refractivity contribution in [2.24, 2.45) is 5.92 Å². The van der Waals surface area contributed by atoms with Gasteiger partial charge in [0.25, 0.3) is 0 Å². The Kier molecular flexibility index (Phi) is 6.81. The Hall–Kier alpha value is -1.69. The number of hydrogen-bond donors (Lipinski definition) is 2. The van der Waals surface area contributed by atoms with E-state index in [0.717, 1.165) is 5.69 Å². The van der Waals surface area contributed by atoms with Crippen LogP contribution in [0.2, 0.25) is 15.1 Å². The Labute approximate surface area is 209 Å². The molecule has 32 heavy (non-hydrogen) atoms. The van der Waals surface area contributed by atoms with E-state index in [2.05, 4.69) is 10.6 Å². The quantitative estimate of drug-likeness (QED) is 0.317. The number of anilines is 2. The Morgan fingerprint density at radius 3 is 2.38 bits per heavy atom. The molecule has 3 nitrogen and oxygen atoms in total. The third kappa shape index (κ3) is 4.66. The number of para-hydroxylation sites is 1. The van der Waals surface area contributed by atoms with Crippen molar-refractivity contribution in [3.8, 4) is 0 Å². The zero-order chi connectivity index (χ0) is 23.0. The minimum atomic E-state index is -1.35. The fourth-order valence-electron chi connectivity index (χ4n) is 3.59. The molecule has 3 aromatic rings. The highest BCUT2D eigenvalue weighted by Crippen LogP contribution is 2.65. The summed E-state index contributed by atoms with van der Waals surface area (Å²) in [6.07, 6.45) is 0. The molecule has 1 aliphatic carbocycles. The molecule has 9 heteroatoms. The molecule has 1 fully saturated rings. The van der Waals surface area contributed by atoms with Gasteiger partial charge in [0.2, 0.25) is 5.91 Å². The van der Waals surface area contributed by atoms with E-state index in [-0.39, 0.29) is 5.02 Å². The summed E-state index contributed by atoms with van der Waals surface area (Å²) in [7, 11) is 0. The molecular weight excluding hydrogens is 517 g/mol. The Morgan fingerprint density at radius 1 is 0.969 bits per heavy atom. The number of benzene rings is 3. The lowest BCUT2D eigenvalue weighted by atomic mass is 10.1. The van der Waals surface area contributed by atoms with Gasteiger partial charge >= 0.3 is 0 Å². The maximum atomic E-state index is 13.5. The molecule has 0 saturated heterocycles. The third-order valence-corrected chi connectivity index (χ3v) is 7.34. The zero-order valence-electron chi connectivity index (χ0n) is 16.3. The highest BCUT2D eigenvalue weighted by Gasteiger charge is 2.67. The number of carbonyl (C=O) groups is 1. The van der Waals surface area contributed by atoms with Crippen molar-refractivity contribution in [3.63, 3.8) is 0 Å². The predicted molar refractivity (Wildman–Crippen MR) is 131 cm³/mol. The van der Waals surface area contributed by atoms with Crippen molar-refractivity contribution in [3.05, 3.63) is 92.7 Å². The fraction of sp³-hybridized carbons (Fsp3) is 0.174. The summed E-state index contributed by atoms with van der Waals surface area (Å²) < 4.78 is 12.2. The monoisotopic (exact) mass is 530 g/mol. The summed E-state index contributed by atoms with van der Waals surface area (Å²) in [4.78, 5) is 13.0. The molecule has 166 valence electrons. The first-order valence-corrected chi connectivity index (χ1v) is 11.5. The third-order valence-electron chi connectivity index (χ3n) is 5.33. The first-order valence-electron chi connectivity index (χ1n) is 9.59. The molecule has 0 heterocycles. The topological polar surface area (TPSA) is 41.1 Å². The van der Waals surface area contributed by atoms with Gasteiger partial charge in [0, 0.05) is 28.7 Å². The molecule has 1 aliphatic rings. The van der Waals surface area contributed by atoms with Crippen molar-refractivity contribution in [2.75, 3.05) is 10.6 Å². The number of rotatable bonds is 6. The second kappa shape index (κ2) is 9.28. The molecule has 0 unspecified atom stereocenters. The molecule has 3 aromatic carbocycles. The molecule has 1 amide bonds. The van der Waals surface area contributed by atoms with Crippen LogP contribution in [0.1, 0.15) is 17.0 Å². The van der Waals surface area contributed by atoms with Gasteiger partial charge in [-0.15, -0.1) is 23.2 Å². The van der Waals surface area contributed by atoms with E-state index in [1.807, 2.05) is 30.3 Å². The molecule has 4 rings (SSSR count). The smallest absolute Gasteiger partial charge is 0.231 e. The standard InChI is InChI=1S/C23H16Cl5FN2O/c24-15-7-9-18(21(26)14(15)11-30-13-4-2-1-3-5-13)31-22(32)20-19(23(20,27)28)12-6-8-17(29)16(25)10-12/h1-10,19-20,30H,11H2,(H,31,32)/t19-,20+/m0/s1. The number of halogens is 6. The van der Waals surface area contributed by atoms with Crippen LogP contribution in [0.15, 0.2) is 60.7 Å². The summed E-state index contributed by atoms with van der Waals surface area (Å²) in [5.74, 6) is -2.26. The number of hydrogen-bond acceptors (Lipinski definition) is 2. The number of alkyl halides is 2. The van der Waals surface area contributed by atoms with E-state index in [4.69, 9.17) is 58.0 Å². The van der Waals surface area contributed by atoms with Gasteiger partial charge in [0.05, 0.1) is 21.7 Å². The Balaban J connectivity index is 1.51. The van der Waals surface area contributed by atoms with Gasteiger partial charge in [-0.1, -0.05) is 59.1 Å². The molecule has 0 spiro atoms. The minimum absolute atomic E-state index is 0.0611. The summed E-state index contributed by atoms with van der Waals surface area (Å²) >= 11 is 31.5. The lowest BCUT2D eigenvalue weighted by molar-refractivity contribution is -0.117. The van der Waals surface area contributed by atoms with Gasteiger partial charge in [0.15, 0.2) is 0 Å². The molecule has 2 atom stereocenters. The molecular formula is C23H16Cl5FN2O. The number of amides is 1. The average Bonchev–Trinajstić information content (AvgIpc) is 3.34. The van der Waals surface area contributed by atoms with Crippen LogP contribution in [0.25, 0.3) is 0 Å². The Bertz CT molecular complexity index is 1170. The van der Waals surface area contributed by atoms with Crippen LogP contribution in [0.5, 0.6) is 0 Å². The van der Waals surface area contributed by atoms with E-state index in [1.165, 1.54) is 18.2 Å². The van der Waals surface area contributed by atoms with Gasteiger partial charge in [0.1, 0.15) is 10.2 Å². The van der Waals surface area contributed by atoms with E-state index in [0.29, 0.717) is 33.4 Å². The maximum absolute atomic E-state index is 13.5. The summed E-state index contributed by atoms with van der Waals surface area (Å²) in [6.45, 7) is 0.362. The first-order chi connectivity index (χ1) is 15.2. The largest absolute Gasteiger partial charge is 0.381 e. The van der Waals surface area contributed by atoms with E-state index in [1.54, 1.807) is 12.1 Å². The molecule has 0 radical (unpaired) electrons. The number of nitrogens with one attached hydrogen (secondary N) is 2. The van der Waals surface area contributed by atoms with E-state index >= 15 is 0 Å². The van der Waals surface area contributed by atoms with Crippen molar-refractivity contribution >= 4 is 75.3 Å². The van der Waals surface area contributed by atoms with Crippen LogP contribution in [0.4, 0.5) is 15.8 Å². The van der Waals surface area contributed by atoms with Crippen LogP contribution < -0.4 is 10.6 Å². The van der Waals surface area contributed by atoms with Crippen LogP contribution in [-0.2, 0) is 11.3 Å². The van der Waals surface area contributed by atoms with Gasteiger partial charge in [-0.05, 0) is 42.0 Å². The van der Waals surface area contributed by atoms with Gasteiger partial charge in [-0.3, -0.25) is 4.79 Å². The van der Waals surface area contributed by atoms with Gasteiger partial charge in [-0.2, -0.15) is 0 Å². The summed E-state index contributed by atoms with van der Waals surface area (Å²) in [6, 6.07) is 17.0. The molecule has 0 aliphatic heterocycles.